The second-order valence-corrected chi connectivity index (χ2v) is 15.4. The molecule has 2 aromatic rings. The Morgan fingerprint density at radius 2 is 1.23 bits per heavy atom. The van der Waals surface area contributed by atoms with Gasteiger partial charge < -0.3 is 14.9 Å². The second kappa shape index (κ2) is 18.0. The molecule has 2 aromatic carbocycles. The fourth-order valence-corrected chi connectivity index (χ4v) is 6.60. The maximum atomic E-state index is 11.9. The summed E-state index contributed by atoms with van der Waals surface area (Å²) in [5, 5.41) is 22.6. The van der Waals surface area contributed by atoms with E-state index in [9.17, 15) is 15.0 Å². The lowest BCUT2D eigenvalue weighted by Crippen LogP contribution is -2.18. The van der Waals surface area contributed by atoms with E-state index in [1.165, 1.54) is 71.3 Å². The van der Waals surface area contributed by atoms with Gasteiger partial charge in [0.05, 0.1) is 7.11 Å². The second-order valence-electron chi connectivity index (χ2n) is 14.3. The van der Waals surface area contributed by atoms with Gasteiger partial charge in [0.15, 0.2) is 0 Å². The number of rotatable bonds is 18. The summed E-state index contributed by atoms with van der Waals surface area (Å²) in [6.07, 6.45) is 14.8. The third-order valence-electron chi connectivity index (χ3n) is 8.25. The van der Waals surface area contributed by atoms with Crippen LogP contribution in [0.4, 0.5) is 0 Å². The first-order valence-corrected chi connectivity index (χ1v) is 17.8. The molecule has 0 aliphatic carbocycles. The summed E-state index contributed by atoms with van der Waals surface area (Å²) in [5.74, 6) is 2.32. The van der Waals surface area contributed by atoms with Crippen LogP contribution >= 0.6 is 11.8 Å². The first-order valence-electron chi connectivity index (χ1n) is 16.6. The van der Waals surface area contributed by atoms with Crippen molar-refractivity contribution < 1.29 is 19.7 Å². The van der Waals surface area contributed by atoms with Crippen LogP contribution in [0.15, 0.2) is 24.3 Å². The highest BCUT2D eigenvalue weighted by atomic mass is 32.2. The molecule has 0 fully saturated rings. The number of thioether (sulfide) groups is 1. The zero-order valence-electron chi connectivity index (χ0n) is 28.5. The van der Waals surface area contributed by atoms with Gasteiger partial charge in [0.1, 0.15) is 11.5 Å². The van der Waals surface area contributed by atoms with Crippen LogP contribution in [0.5, 0.6) is 11.5 Å². The quantitative estimate of drug-likeness (QED) is 0.129. The minimum atomic E-state index is -0.227. The van der Waals surface area contributed by atoms with Gasteiger partial charge in [0, 0.05) is 24.2 Å². The molecular formula is C38H60O4S. The molecule has 0 aliphatic rings. The molecule has 0 bridgehead atoms. The molecule has 0 amide bonds. The highest BCUT2D eigenvalue weighted by Gasteiger charge is 2.27. The predicted octanol–water partition coefficient (Wildman–Crippen LogP) is 10.5. The Hall–Kier alpha value is -2.14. The van der Waals surface area contributed by atoms with E-state index in [-0.39, 0.29) is 16.8 Å². The maximum absolute atomic E-state index is 11.9. The van der Waals surface area contributed by atoms with E-state index in [2.05, 4.69) is 66.7 Å². The van der Waals surface area contributed by atoms with Crippen LogP contribution in [0, 0.1) is 0 Å². The molecule has 2 N–H and O–H groups in total. The van der Waals surface area contributed by atoms with Gasteiger partial charge in [-0.2, -0.15) is 11.8 Å². The van der Waals surface area contributed by atoms with Crippen LogP contribution in [0.3, 0.4) is 0 Å². The number of phenolic OH excluding ortho intramolecular Hbond substituents is 2. The molecule has 0 saturated heterocycles. The van der Waals surface area contributed by atoms with Crippen molar-refractivity contribution in [1.82, 2.24) is 0 Å². The lowest BCUT2D eigenvalue weighted by molar-refractivity contribution is -0.140. The van der Waals surface area contributed by atoms with Crippen molar-refractivity contribution in [3.8, 4) is 11.5 Å². The van der Waals surface area contributed by atoms with E-state index in [0.717, 1.165) is 44.9 Å². The highest BCUT2D eigenvalue weighted by Crippen LogP contribution is 2.41. The van der Waals surface area contributed by atoms with E-state index in [4.69, 9.17) is 4.74 Å². The summed E-state index contributed by atoms with van der Waals surface area (Å²) < 4.78 is 4.89. The normalized spacial score (nSPS) is 12.1. The fraction of sp³-hybridized carbons (Fsp3) is 0.658. The molecular weight excluding hydrogens is 552 g/mol. The molecule has 0 saturated carbocycles. The fourth-order valence-electron chi connectivity index (χ4n) is 5.60. The van der Waals surface area contributed by atoms with Gasteiger partial charge in [-0.3, -0.25) is 4.79 Å². The van der Waals surface area contributed by atoms with Gasteiger partial charge in [-0.25, -0.2) is 0 Å². The summed E-state index contributed by atoms with van der Waals surface area (Å²) in [4.78, 5) is 11.9. The highest BCUT2D eigenvalue weighted by molar-refractivity contribution is 7.98. The van der Waals surface area contributed by atoms with Crippen molar-refractivity contribution in [3.05, 3.63) is 57.6 Å². The Morgan fingerprint density at radius 1 is 0.721 bits per heavy atom. The molecule has 4 nitrogen and oxygen atoms in total. The molecule has 2 rings (SSSR count). The summed E-state index contributed by atoms with van der Waals surface area (Å²) in [7, 11) is 1.42. The van der Waals surface area contributed by atoms with Crippen molar-refractivity contribution in [2.45, 2.75) is 149 Å². The van der Waals surface area contributed by atoms with Crippen molar-refractivity contribution >= 4 is 17.7 Å². The number of carbonyl (C=O) groups excluding carboxylic acids is 1. The number of aryl methyl sites for hydroxylation is 1. The molecule has 0 aliphatic heterocycles. The van der Waals surface area contributed by atoms with Crippen LogP contribution < -0.4 is 0 Å². The van der Waals surface area contributed by atoms with Crippen LogP contribution in [-0.2, 0) is 39.0 Å². The summed E-state index contributed by atoms with van der Waals surface area (Å²) in [6, 6.07) is 8.27. The minimum absolute atomic E-state index is 0.221. The molecule has 0 heterocycles. The summed E-state index contributed by atoms with van der Waals surface area (Å²) in [6.45, 7) is 15.0. The monoisotopic (exact) mass is 612 g/mol. The number of ether oxygens (including phenoxy) is 1. The van der Waals surface area contributed by atoms with E-state index in [0.29, 0.717) is 30.8 Å². The Balaban J connectivity index is 2.15. The summed E-state index contributed by atoms with van der Waals surface area (Å²) in [5.41, 5.74) is 5.30. The van der Waals surface area contributed by atoms with Gasteiger partial charge in [-0.15, -0.1) is 0 Å². The first kappa shape index (κ1) is 37.0. The zero-order valence-corrected chi connectivity index (χ0v) is 29.4. The molecule has 5 heteroatoms. The molecule has 43 heavy (non-hydrogen) atoms. The van der Waals surface area contributed by atoms with Crippen LogP contribution in [0.2, 0.25) is 0 Å². The van der Waals surface area contributed by atoms with Crippen molar-refractivity contribution in [1.29, 1.82) is 0 Å². The number of carbonyl (C=O) groups is 1. The van der Waals surface area contributed by atoms with Gasteiger partial charge in [0.25, 0.3) is 0 Å². The maximum Gasteiger partial charge on any atom is 0.305 e. The number of aromatic hydroxyl groups is 2. The molecule has 0 radical (unpaired) electrons. The predicted molar refractivity (Wildman–Crippen MR) is 185 cm³/mol. The van der Waals surface area contributed by atoms with Gasteiger partial charge in [-0.1, -0.05) is 131 Å². The number of methoxy groups -OCH3 is 1. The average Bonchev–Trinajstić information content (AvgIpc) is 2.93. The standard InChI is InChI=1S/C38H60O4S/c1-9-10-11-12-13-14-15-16-17-18-21-43-27-31-23-28(19-20-34(39)42-8)22-30(35(31)40)24-29-25-32(37(2,3)4)36(41)33(26-29)38(5,6)7/h22-23,25-26,40-41H,9-21,24,27H2,1-8H3. The van der Waals surface area contributed by atoms with Crippen molar-refractivity contribution in [3.63, 3.8) is 0 Å². The molecule has 0 unspecified atom stereocenters. The smallest absolute Gasteiger partial charge is 0.305 e. The number of phenols is 2. The van der Waals surface area contributed by atoms with Crippen LogP contribution in [-0.4, -0.2) is 29.0 Å². The van der Waals surface area contributed by atoms with Gasteiger partial charge >= 0.3 is 5.97 Å². The van der Waals surface area contributed by atoms with Crippen LogP contribution in [0.1, 0.15) is 152 Å². The van der Waals surface area contributed by atoms with Gasteiger partial charge in [-0.05, 0) is 57.2 Å². The lowest BCUT2D eigenvalue weighted by Gasteiger charge is -2.28. The Morgan fingerprint density at radius 3 is 1.74 bits per heavy atom. The molecule has 0 atom stereocenters. The zero-order chi connectivity index (χ0) is 32.0. The van der Waals surface area contributed by atoms with E-state index in [1.54, 1.807) is 0 Å². The van der Waals surface area contributed by atoms with E-state index in [1.807, 2.05) is 17.8 Å². The van der Waals surface area contributed by atoms with Crippen molar-refractivity contribution in [2.75, 3.05) is 12.9 Å². The number of hydrogen-bond donors (Lipinski definition) is 2. The number of unbranched alkanes of at least 4 members (excludes halogenated alkanes) is 9. The average molecular weight is 613 g/mol. The molecule has 242 valence electrons. The topological polar surface area (TPSA) is 66.8 Å². The van der Waals surface area contributed by atoms with Crippen molar-refractivity contribution in [2.24, 2.45) is 0 Å². The molecule has 0 spiro atoms. The number of hydrogen-bond acceptors (Lipinski definition) is 5. The van der Waals surface area contributed by atoms with E-state index < -0.39 is 0 Å². The first-order chi connectivity index (χ1) is 20.3. The third-order valence-corrected chi connectivity index (χ3v) is 9.35. The minimum Gasteiger partial charge on any atom is -0.507 e. The Kier molecular flexibility index (Phi) is 15.5. The Bertz CT molecular complexity index is 1100. The van der Waals surface area contributed by atoms with E-state index >= 15 is 0 Å². The number of benzene rings is 2. The number of esters is 1. The molecule has 0 aromatic heterocycles. The SMILES string of the molecule is CCCCCCCCCCCCSCc1cc(CCC(=O)OC)cc(Cc2cc(C(C)(C)C)c(O)c(C(C)(C)C)c2)c1O. The van der Waals surface area contributed by atoms with Gasteiger partial charge in [0.2, 0.25) is 0 Å². The Labute approximate surface area is 267 Å². The lowest BCUT2D eigenvalue weighted by atomic mass is 9.78. The summed E-state index contributed by atoms with van der Waals surface area (Å²) >= 11 is 1.88. The largest absolute Gasteiger partial charge is 0.507 e. The van der Waals surface area contributed by atoms with Crippen LogP contribution in [0.25, 0.3) is 0 Å². The third kappa shape index (κ3) is 12.8.